The molecule has 2 atom stereocenters. The van der Waals surface area contributed by atoms with Crippen LogP contribution in [0.1, 0.15) is 6.42 Å². The van der Waals surface area contributed by atoms with Gasteiger partial charge in [0.25, 0.3) is 0 Å². The molecule has 0 bridgehead atoms. The summed E-state index contributed by atoms with van der Waals surface area (Å²) in [5, 5.41) is 13.6. The molecule has 0 aliphatic carbocycles. The number of hydrogen-bond donors (Lipinski definition) is 2. The Morgan fingerprint density at radius 1 is 1.50 bits per heavy atom. The van der Waals surface area contributed by atoms with Crippen molar-refractivity contribution in [3.8, 4) is 17.1 Å². The van der Waals surface area contributed by atoms with Gasteiger partial charge in [0, 0.05) is 18.0 Å². The summed E-state index contributed by atoms with van der Waals surface area (Å²) in [7, 11) is 2.89. The van der Waals surface area contributed by atoms with E-state index in [0.717, 1.165) is 0 Å². The summed E-state index contributed by atoms with van der Waals surface area (Å²) >= 11 is 11.4. The van der Waals surface area contributed by atoms with Crippen molar-refractivity contribution in [2.45, 2.75) is 25.2 Å². The number of aliphatic hydroxyl groups is 1. The van der Waals surface area contributed by atoms with Gasteiger partial charge in [-0.05, 0) is 30.4 Å². The average molecular weight is 399 g/mol. The number of nitrogens with one attached hydrogen (secondary N) is 1. The Morgan fingerprint density at radius 3 is 2.96 bits per heavy atom. The number of H-pyrrole nitrogens is 1. The molecular formula is C16H19ClN4O4S. The van der Waals surface area contributed by atoms with Crippen molar-refractivity contribution >= 4 is 29.8 Å². The minimum atomic E-state index is -0.594. The molecule has 1 aromatic heterocycles. The number of methoxy groups -OCH3 is 2. The molecule has 0 radical (unpaired) electrons. The minimum absolute atomic E-state index is 0.269. The summed E-state index contributed by atoms with van der Waals surface area (Å²) in [6, 6.07) is 4.68. The highest BCUT2D eigenvalue weighted by molar-refractivity contribution is 7.71. The topological polar surface area (TPSA) is 92.6 Å². The number of carbonyl (C=O) groups is 1. The predicted molar refractivity (Wildman–Crippen MR) is 97.5 cm³/mol. The number of halogens is 1. The fourth-order valence-corrected chi connectivity index (χ4v) is 3.40. The summed E-state index contributed by atoms with van der Waals surface area (Å²) in [5.41, 5.74) is 0.677. The van der Waals surface area contributed by atoms with E-state index < -0.39 is 12.1 Å². The average Bonchev–Trinajstić information content (AvgIpc) is 3.17. The first-order valence-electron chi connectivity index (χ1n) is 7.93. The van der Waals surface area contributed by atoms with E-state index in [0.29, 0.717) is 39.9 Å². The molecule has 1 fully saturated rings. The van der Waals surface area contributed by atoms with Crippen LogP contribution in [0.4, 0.5) is 0 Å². The van der Waals surface area contributed by atoms with Crippen molar-refractivity contribution in [3.05, 3.63) is 28.0 Å². The molecule has 0 amide bonds. The smallest absolute Gasteiger partial charge is 0.323 e. The predicted octanol–water partition coefficient (Wildman–Crippen LogP) is 1.84. The molecule has 140 valence electrons. The van der Waals surface area contributed by atoms with Crippen molar-refractivity contribution in [1.29, 1.82) is 0 Å². The third-order valence-corrected chi connectivity index (χ3v) is 4.82. The lowest BCUT2D eigenvalue weighted by atomic mass is 10.2. The molecule has 0 unspecified atom stereocenters. The summed E-state index contributed by atoms with van der Waals surface area (Å²) < 4.78 is 12.1. The van der Waals surface area contributed by atoms with E-state index in [1.54, 1.807) is 34.9 Å². The lowest BCUT2D eigenvalue weighted by Gasteiger charge is -2.21. The number of carbonyl (C=O) groups excluding carboxylic acids is 1. The quantitative estimate of drug-likeness (QED) is 0.586. The maximum Gasteiger partial charge on any atom is 0.323 e. The van der Waals surface area contributed by atoms with Gasteiger partial charge in [0.15, 0.2) is 5.82 Å². The molecule has 2 aromatic rings. The van der Waals surface area contributed by atoms with Crippen LogP contribution in [-0.4, -0.2) is 63.7 Å². The molecule has 0 spiro atoms. The minimum Gasteiger partial charge on any atom is -0.496 e. The second-order valence-electron chi connectivity index (χ2n) is 5.97. The van der Waals surface area contributed by atoms with Gasteiger partial charge >= 0.3 is 5.97 Å². The Balaban J connectivity index is 1.89. The summed E-state index contributed by atoms with van der Waals surface area (Å²) in [4.78, 5) is 18.1. The summed E-state index contributed by atoms with van der Waals surface area (Å²) in [6.07, 6.45) is -0.271. The number of hydrogen-bond acceptors (Lipinski definition) is 7. The van der Waals surface area contributed by atoms with Crippen LogP contribution in [0.5, 0.6) is 5.75 Å². The van der Waals surface area contributed by atoms with Gasteiger partial charge in [-0.15, -0.1) is 0 Å². The first kappa shape index (κ1) is 18.8. The second-order valence-corrected chi connectivity index (χ2v) is 6.77. The fourth-order valence-electron chi connectivity index (χ4n) is 3.04. The number of nitrogens with zero attached hydrogens (tertiary/aromatic N) is 3. The third kappa shape index (κ3) is 3.75. The molecule has 1 saturated heterocycles. The number of esters is 1. The monoisotopic (exact) mass is 398 g/mol. The first-order valence-corrected chi connectivity index (χ1v) is 8.72. The van der Waals surface area contributed by atoms with Gasteiger partial charge in [-0.3, -0.25) is 14.8 Å². The number of ether oxygens (including phenoxy) is 2. The van der Waals surface area contributed by atoms with Crippen molar-refractivity contribution in [2.24, 2.45) is 0 Å². The highest BCUT2D eigenvalue weighted by Crippen LogP contribution is 2.30. The van der Waals surface area contributed by atoms with Crippen molar-refractivity contribution in [3.63, 3.8) is 0 Å². The van der Waals surface area contributed by atoms with Crippen LogP contribution in [0.15, 0.2) is 18.2 Å². The molecule has 0 saturated carbocycles. The highest BCUT2D eigenvalue weighted by atomic mass is 35.5. The van der Waals surface area contributed by atoms with E-state index >= 15 is 0 Å². The zero-order valence-corrected chi connectivity index (χ0v) is 15.9. The van der Waals surface area contributed by atoms with E-state index in [1.165, 1.54) is 7.11 Å². The SMILES string of the molecule is COC(=O)[C@@H]1C[C@@H](O)CN1Cn1[nH]c(-c2cc(Cl)ccc2OC)nc1=S. The van der Waals surface area contributed by atoms with Crippen LogP contribution in [0.25, 0.3) is 11.4 Å². The highest BCUT2D eigenvalue weighted by Gasteiger charge is 2.37. The van der Waals surface area contributed by atoms with Crippen LogP contribution < -0.4 is 4.74 Å². The van der Waals surface area contributed by atoms with Crippen LogP contribution in [-0.2, 0) is 16.2 Å². The first-order chi connectivity index (χ1) is 12.4. The molecule has 26 heavy (non-hydrogen) atoms. The Morgan fingerprint density at radius 2 is 2.27 bits per heavy atom. The molecule has 3 rings (SSSR count). The zero-order chi connectivity index (χ0) is 18.8. The molecule has 2 heterocycles. The molecule has 1 aromatic carbocycles. The van der Waals surface area contributed by atoms with Crippen molar-refractivity contribution < 1.29 is 19.4 Å². The van der Waals surface area contributed by atoms with Crippen LogP contribution >= 0.6 is 23.8 Å². The molecule has 1 aliphatic rings. The van der Waals surface area contributed by atoms with Gasteiger partial charge in [-0.2, -0.15) is 4.98 Å². The van der Waals surface area contributed by atoms with E-state index in [-0.39, 0.29) is 12.6 Å². The number of β-amino-alcohol motifs (C(OH)–C–C–N with tert-alkyl or cyclic N) is 1. The van der Waals surface area contributed by atoms with E-state index in [9.17, 15) is 9.90 Å². The molecule has 2 N–H and O–H groups in total. The molecule has 8 nitrogen and oxygen atoms in total. The lowest BCUT2D eigenvalue weighted by molar-refractivity contribution is -0.146. The largest absolute Gasteiger partial charge is 0.496 e. The number of aromatic amines is 1. The number of aliphatic hydroxyl groups excluding tert-OH is 1. The lowest BCUT2D eigenvalue weighted by Crippen LogP contribution is -2.38. The summed E-state index contributed by atoms with van der Waals surface area (Å²) in [5.74, 6) is 0.724. The zero-order valence-electron chi connectivity index (χ0n) is 14.3. The Bertz CT molecular complexity index is 868. The van der Waals surface area contributed by atoms with Crippen molar-refractivity contribution in [1.82, 2.24) is 19.7 Å². The van der Waals surface area contributed by atoms with Gasteiger partial charge in [0.1, 0.15) is 11.8 Å². The van der Waals surface area contributed by atoms with Crippen LogP contribution in [0, 0.1) is 4.77 Å². The number of likely N-dealkylation sites (tertiary alicyclic amines) is 1. The normalized spacial score (nSPS) is 20.3. The fraction of sp³-hybridized carbons (Fsp3) is 0.438. The van der Waals surface area contributed by atoms with Gasteiger partial charge in [-0.25, -0.2) is 4.68 Å². The van der Waals surface area contributed by atoms with Crippen LogP contribution in [0.2, 0.25) is 5.02 Å². The van der Waals surface area contributed by atoms with E-state index in [1.807, 2.05) is 0 Å². The van der Waals surface area contributed by atoms with Gasteiger partial charge < -0.3 is 14.6 Å². The van der Waals surface area contributed by atoms with E-state index in [2.05, 4.69) is 10.1 Å². The maximum absolute atomic E-state index is 11.9. The number of benzene rings is 1. The standard InChI is InChI=1S/C16H19ClN4O4S/c1-24-13-4-3-9(17)5-11(13)14-18-16(26)21(19-14)8-20-7-10(22)6-12(20)15(23)25-2/h3-5,10,12,22H,6-8H2,1-2H3,(H,18,19,26)/t10-,12+/m1/s1. The molecule has 10 heteroatoms. The Hall–Kier alpha value is -1.94. The van der Waals surface area contributed by atoms with Gasteiger partial charge in [0.2, 0.25) is 4.77 Å². The number of rotatable bonds is 5. The number of aromatic nitrogens is 3. The maximum atomic E-state index is 11.9. The Kier molecular flexibility index (Phi) is 5.61. The van der Waals surface area contributed by atoms with Crippen molar-refractivity contribution in [2.75, 3.05) is 20.8 Å². The Labute approximate surface area is 160 Å². The van der Waals surface area contributed by atoms with Gasteiger partial charge in [0.05, 0.1) is 32.6 Å². The molecular weight excluding hydrogens is 380 g/mol. The summed E-state index contributed by atoms with van der Waals surface area (Å²) in [6.45, 7) is 0.613. The van der Waals surface area contributed by atoms with Crippen LogP contribution in [0.3, 0.4) is 0 Å². The second kappa shape index (κ2) is 7.75. The molecule has 1 aliphatic heterocycles. The van der Waals surface area contributed by atoms with Gasteiger partial charge in [-0.1, -0.05) is 11.6 Å². The van der Waals surface area contributed by atoms with E-state index in [4.69, 9.17) is 33.3 Å². The third-order valence-electron chi connectivity index (χ3n) is 4.27.